The van der Waals surface area contributed by atoms with Gasteiger partial charge in [-0.2, -0.15) is 5.10 Å². The van der Waals surface area contributed by atoms with Crippen LogP contribution in [0.1, 0.15) is 12.0 Å². The Morgan fingerprint density at radius 2 is 2.00 bits per heavy atom. The van der Waals surface area contributed by atoms with Crippen LogP contribution in [-0.2, 0) is 4.79 Å². The van der Waals surface area contributed by atoms with Crippen molar-refractivity contribution in [3.05, 3.63) is 35.9 Å². The lowest BCUT2D eigenvalue weighted by Crippen LogP contribution is -2.33. The van der Waals surface area contributed by atoms with Crippen molar-refractivity contribution in [1.29, 1.82) is 0 Å². The van der Waals surface area contributed by atoms with E-state index < -0.39 is 6.03 Å². The fraction of sp³-hybridized carbons (Fsp3) is 0.100. The molecule has 2 N–H and O–H groups in total. The number of amides is 3. The molecule has 0 unspecified atom stereocenters. The van der Waals surface area contributed by atoms with Crippen LogP contribution in [0.4, 0.5) is 4.79 Å². The zero-order valence-electron chi connectivity index (χ0n) is 7.88. The molecule has 1 aliphatic rings. The van der Waals surface area contributed by atoms with Gasteiger partial charge in [-0.3, -0.25) is 4.79 Å². The molecular weight excluding hydrogens is 194 g/mol. The van der Waals surface area contributed by atoms with Crippen LogP contribution >= 0.6 is 0 Å². The van der Waals surface area contributed by atoms with Crippen LogP contribution in [0, 0.1) is 0 Å². The van der Waals surface area contributed by atoms with E-state index >= 15 is 0 Å². The lowest BCUT2D eigenvalue weighted by Gasteiger charge is -2.03. The van der Waals surface area contributed by atoms with Crippen LogP contribution in [0.15, 0.2) is 35.4 Å². The second-order valence-corrected chi connectivity index (χ2v) is 3.13. The minimum atomic E-state index is -0.842. The number of hydrogen-bond donors (Lipinski definition) is 1. The third-order valence-corrected chi connectivity index (χ3v) is 2.09. The zero-order valence-corrected chi connectivity index (χ0v) is 7.88. The molecule has 0 saturated heterocycles. The molecule has 5 heteroatoms. The smallest absolute Gasteiger partial charge is 0.342 e. The van der Waals surface area contributed by atoms with Crippen molar-refractivity contribution < 1.29 is 9.59 Å². The van der Waals surface area contributed by atoms with Crippen LogP contribution in [-0.4, -0.2) is 22.7 Å². The molecule has 3 amide bonds. The molecule has 15 heavy (non-hydrogen) atoms. The molecule has 0 radical (unpaired) electrons. The Labute approximate surface area is 86.2 Å². The number of urea groups is 1. The van der Waals surface area contributed by atoms with E-state index in [-0.39, 0.29) is 12.3 Å². The number of benzene rings is 1. The molecular formula is C10H9N3O2. The first-order valence-corrected chi connectivity index (χ1v) is 4.44. The van der Waals surface area contributed by atoms with Gasteiger partial charge in [-0.05, 0) is 5.56 Å². The van der Waals surface area contributed by atoms with Gasteiger partial charge in [-0.15, -0.1) is 5.01 Å². The zero-order chi connectivity index (χ0) is 10.8. The Hall–Kier alpha value is -2.17. The monoisotopic (exact) mass is 203 g/mol. The highest BCUT2D eigenvalue weighted by molar-refractivity contribution is 6.17. The normalized spacial score (nSPS) is 15.3. The summed E-state index contributed by atoms with van der Waals surface area (Å²) in [4.78, 5) is 22.1. The summed E-state index contributed by atoms with van der Waals surface area (Å²) >= 11 is 0. The van der Waals surface area contributed by atoms with Crippen LogP contribution in [0.25, 0.3) is 0 Å². The predicted octanol–water partition coefficient (Wildman–Crippen LogP) is 0.702. The van der Waals surface area contributed by atoms with Crippen LogP contribution in [0.3, 0.4) is 0 Å². The maximum atomic E-state index is 11.3. The molecule has 1 heterocycles. The van der Waals surface area contributed by atoms with Gasteiger partial charge in [-0.25, -0.2) is 4.79 Å². The molecule has 2 rings (SSSR count). The Balaban J connectivity index is 2.31. The average Bonchev–Trinajstić information content (AvgIpc) is 2.62. The third-order valence-electron chi connectivity index (χ3n) is 2.09. The molecule has 0 spiro atoms. The van der Waals surface area contributed by atoms with Crippen molar-refractivity contribution in [2.24, 2.45) is 10.8 Å². The number of carbonyl (C=O) groups excluding carboxylic acids is 2. The number of hydrogen-bond acceptors (Lipinski definition) is 3. The van der Waals surface area contributed by atoms with Crippen molar-refractivity contribution in [1.82, 2.24) is 5.01 Å². The third kappa shape index (κ3) is 1.71. The van der Waals surface area contributed by atoms with E-state index in [0.29, 0.717) is 10.7 Å². The van der Waals surface area contributed by atoms with E-state index in [2.05, 4.69) is 5.10 Å². The summed E-state index contributed by atoms with van der Waals surface area (Å²) in [5, 5.41) is 4.56. The predicted molar refractivity (Wildman–Crippen MR) is 54.0 cm³/mol. The minimum absolute atomic E-state index is 0.118. The van der Waals surface area contributed by atoms with E-state index in [4.69, 9.17) is 5.73 Å². The molecule has 1 aromatic rings. The van der Waals surface area contributed by atoms with Crippen LogP contribution in [0.5, 0.6) is 0 Å². The Bertz CT molecular complexity index is 439. The molecule has 0 atom stereocenters. The quantitative estimate of drug-likeness (QED) is 0.729. The number of carbonyl (C=O) groups is 2. The van der Waals surface area contributed by atoms with E-state index in [9.17, 15) is 9.59 Å². The summed E-state index contributed by atoms with van der Waals surface area (Å²) in [6, 6.07) is 8.37. The summed E-state index contributed by atoms with van der Waals surface area (Å²) in [5.74, 6) is -0.388. The van der Waals surface area contributed by atoms with E-state index in [0.717, 1.165) is 5.56 Å². The van der Waals surface area contributed by atoms with Gasteiger partial charge in [0.15, 0.2) is 0 Å². The number of hydrazone groups is 1. The summed E-state index contributed by atoms with van der Waals surface area (Å²) in [6.45, 7) is 0. The molecule has 1 aliphatic heterocycles. The number of rotatable bonds is 1. The van der Waals surface area contributed by atoms with Gasteiger partial charge in [0.1, 0.15) is 0 Å². The first kappa shape index (κ1) is 9.39. The van der Waals surface area contributed by atoms with E-state index in [1.54, 1.807) is 0 Å². The first-order valence-electron chi connectivity index (χ1n) is 4.44. The molecule has 0 fully saturated rings. The van der Waals surface area contributed by atoms with Crippen LogP contribution < -0.4 is 5.73 Å². The first-order chi connectivity index (χ1) is 7.18. The lowest BCUT2D eigenvalue weighted by atomic mass is 10.1. The lowest BCUT2D eigenvalue weighted by molar-refractivity contribution is -0.125. The fourth-order valence-electron chi connectivity index (χ4n) is 1.39. The number of imide groups is 1. The van der Waals surface area contributed by atoms with Crippen LogP contribution in [0.2, 0.25) is 0 Å². The molecule has 76 valence electrons. The van der Waals surface area contributed by atoms with Gasteiger partial charge < -0.3 is 5.73 Å². The molecule has 0 aromatic heterocycles. The highest BCUT2D eigenvalue weighted by Crippen LogP contribution is 2.14. The molecule has 5 nitrogen and oxygen atoms in total. The standard InChI is InChI=1S/C10H9N3O2/c11-10(15)13-9(14)6-8(12-13)7-4-2-1-3-5-7/h1-5H,6H2,(H2,11,15). The number of primary amides is 1. The molecule has 1 aromatic carbocycles. The Morgan fingerprint density at radius 3 is 2.53 bits per heavy atom. The van der Waals surface area contributed by atoms with Crippen molar-refractivity contribution in [2.45, 2.75) is 6.42 Å². The molecule has 0 saturated carbocycles. The van der Waals surface area contributed by atoms with Gasteiger partial charge in [0.2, 0.25) is 0 Å². The SMILES string of the molecule is NC(=O)N1N=C(c2ccccc2)CC1=O. The fourth-order valence-corrected chi connectivity index (χ4v) is 1.39. The largest absolute Gasteiger partial charge is 0.350 e. The highest BCUT2D eigenvalue weighted by atomic mass is 16.2. The second kappa shape index (κ2) is 3.53. The summed E-state index contributed by atoms with van der Waals surface area (Å²) in [7, 11) is 0. The summed E-state index contributed by atoms with van der Waals surface area (Å²) < 4.78 is 0. The van der Waals surface area contributed by atoms with Crippen molar-refractivity contribution in [3.8, 4) is 0 Å². The Morgan fingerprint density at radius 1 is 1.33 bits per heavy atom. The van der Waals surface area contributed by atoms with E-state index in [1.807, 2.05) is 30.3 Å². The van der Waals surface area contributed by atoms with Crippen molar-refractivity contribution in [2.75, 3.05) is 0 Å². The maximum absolute atomic E-state index is 11.3. The number of nitrogens with zero attached hydrogens (tertiary/aromatic N) is 2. The molecule has 0 aliphatic carbocycles. The summed E-state index contributed by atoms with van der Waals surface area (Å²) in [5.41, 5.74) is 6.38. The van der Waals surface area contributed by atoms with Gasteiger partial charge in [0.05, 0.1) is 12.1 Å². The summed E-state index contributed by atoms with van der Waals surface area (Å²) in [6.07, 6.45) is 0.118. The highest BCUT2D eigenvalue weighted by Gasteiger charge is 2.28. The number of nitrogens with two attached hydrogens (primary N) is 1. The van der Waals surface area contributed by atoms with Gasteiger partial charge in [0, 0.05) is 0 Å². The van der Waals surface area contributed by atoms with Gasteiger partial charge in [0.25, 0.3) is 5.91 Å². The van der Waals surface area contributed by atoms with Crippen molar-refractivity contribution >= 4 is 17.6 Å². The van der Waals surface area contributed by atoms with E-state index in [1.165, 1.54) is 0 Å². The van der Waals surface area contributed by atoms with Gasteiger partial charge >= 0.3 is 6.03 Å². The second-order valence-electron chi connectivity index (χ2n) is 3.13. The topological polar surface area (TPSA) is 75.8 Å². The van der Waals surface area contributed by atoms with Gasteiger partial charge in [-0.1, -0.05) is 30.3 Å². The average molecular weight is 203 g/mol. The van der Waals surface area contributed by atoms with Crippen molar-refractivity contribution in [3.63, 3.8) is 0 Å². The maximum Gasteiger partial charge on any atom is 0.342 e. The Kier molecular flexibility index (Phi) is 2.21. The molecule has 0 bridgehead atoms. The minimum Gasteiger partial charge on any atom is -0.350 e.